The fraction of sp³-hybridized carbons (Fsp3) is 0.556. The maximum atomic E-state index is 12.8. The number of hydrogen-bond acceptors (Lipinski definition) is 7. The first kappa shape index (κ1) is 23.2. The highest BCUT2D eigenvalue weighted by Gasteiger charge is 2.26. The molecule has 160 valence electrons. The van der Waals surface area contributed by atoms with Crippen LogP contribution in [0.2, 0.25) is 0 Å². The molecule has 9 nitrogen and oxygen atoms in total. The molecule has 0 saturated carbocycles. The Hall–Kier alpha value is -2.10. The third kappa shape index (κ3) is 5.29. The number of pyridine rings is 1. The van der Waals surface area contributed by atoms with Crippen molar-refractivity contribution in [2.75, 3.05) is 51.3 Å². The number of halogens is 2. The van der Waals surface area contributed by atoms with E-state index in [1.165, 1.54) is 0 Å². The largest absolute Gasteiger partial charge is 0.497 e. The number of piperidine rings is 1. The number of carbonyl (C=O) groups is 1. The highest BCUT2D eigenvalue weighted by atomic mass is 35.5. The molecule has 2 fully saturated rings. The molecular formula is C18H27Cl2N7O2. The van der Waals surface area contributed by atoms with Crippen LogP contribution in [0.15, 0.2) is 24.5 Å². The van der Waals surface area contributed by atoms with Gasteiger partial charge in [-0.15, -0.1) is 29.9 Å². The monoisotopic (exact) mass is 443 g/mol. The molecule has 2 aliphatic heterocycles. The summed E-state index contributed by atoms with van der Waals surface area (Å²) in [5, 5.41) is 11.7. The number of carbonyl (C=O) groups excluding carboxylic acids is 1. The van der Waals surface area contributed by atoms with Gasteiger partial charge in [0.15, 0.2) is 5.69 Å². The first-order valence-corrected chi connectivity index (χ1v) is 9.41. The molecule has 0 radical (unpaired) electrons. The first-order chi connectivity index (χ1) is 13.2. The predicted octanol–water partition coefficient (Wildman–Crippen LogP) is 1.41. The zero-order chi connectivity index (χ0) is 18.6. The number of rotatable bonds is 4. The van der Waals surface area contributed by atoms with Crippen molar-refractivity contribution < 1.29 is 9.53 Å². The Bertz CT molecular complexity index is 790. The average Bonchev–Trinajstić information content (AvgIpc) is 3.24. The van der Waals surface area contributed by atoms with Gasteiger partial charge in [0.05, 0.1) is 19.3 Å². The van der Waals surface area contributed by atoms with E-state index in [1.54, 1.807) is 19.5 Å². The van der Waals surface area contributed by atoms with E-state index in [4.69, 9.17) is 4.74 Å². The summed E-state index contributed by atoms with van der Waals surface area (Å²) in [7, 11) is 1.65. The van der Waals surface area contributed by atoms with E-state index >= 15 is 0 Å². The van der Waals surface area contributed by atoms with Crippen LogP contribution in [-0.4, -0.2) is 77.2 Å². The van der Waals surface area contributed by atoms with Crippen LogP contribution in [0.5, 0.6) is 5.75 Å². The Labute approximate surface area is 182 Å². The first-order valence-electron chi connectivity index (χ1n) is 9.41. The van der Waals surface area contributed by atoms with Gasteiger partial charge in [-0.2, -0.15) is 0 Å². The Balaban J connectivity index is 0.00000150. The van der Waals surface area contributed by atoms with E-state index in [9.17, 15) is 4.79 Å². The number of ether oxygens (including phenoxy) is 1. The lowest BCUT2D eigenvalue weighted by molar-refractivity contribution is 0.0740. The Morgan fingerprint density at radius 3 is 2.59 bits per heavy atom. The van der Waals surface area contributed by atoms with Gasteiger partial charge in [0, 0.05) is 38.4 Å². The molecule has 2 aromatic rings. The Morgan fingerprint density at radius 2 is 1.90 bits per heavy atom. The van der Waals surface area contributed by atoms with Crippen LogP contribution < -0.4 is 15.0 Å². The number of hydrogen-bond donors (Lipinski definition) is 1. The Kier molecular flexibility index (Phi) is 8.48. The third-order valence-electron chi connectivity index (χ3n) is 5.26. The zero-order valence-electron chi connectivity index (χ0n) is 16.4. The van der Waals surface area contributed by atoms with Gasteiger partial charge in [-0.1, -0.05) is 5.21 Å². The molecule has 1 N–H and O–H groups in total. The standard InChI is InChI=1S/C18H25N7O2.2ClH/c1-27-15-4-7-20-17(12-15)23-8-10-24(11-9-23)18(26)16-13-25(22-21-16)14-2-5-19-6-3-14;;/h4,7,12-14,19H,2-3,5-6,8-11H2,1H3;2*1H. The second-order valence-corrected chi connectivity index (χ2v) is 6.90. The summed E-state index contributed by atoms with van der Waals surface area (Å²) in [4.78, 5) is 21.2. The summed E-state index contributed by atoms with van der Waals surface area (Å²) in [6, 6.07) is 4.08. The summed E-state index contributed by atoms with van der Waals surface area (Å²) < 4.78 is 7.11. The van der Waals surface area contributed by atoms with Gasteiger partial charge in [0.1, 0.15) is 11.6 Å². The van der Waals surface area contributed by atoms with Crippen molar-refractivity contribution >= 4 is 36.5 Å². The average molecular weight is 444 g/mol. The molecule has 0 aromatic carbocycles. The van der Waals surface area contributed by atoms with Crippen LogP contribution in [0, 0.1) is 0 Å². The van der Waals surface area contributed by atoms with Crippen molar-refractivity contribution in [2.24, 2.45) is 0 Å². The van der Waals surface area contributed by atoms with Crippen LogP contribution in [0.3, 0.4) is 0 Å². The zero-order valence-corrected chi connectivity index (χ0v) is 18.0. The molecule has 4 heterocycles. The van der Waals surface area contributed by atoms with Gasteiger partial charge < -0.3 is 19.9 Å². The molecule has 0 unspecified atom stereocenters. The lowest BCUT2D eigenvalue weighted by Gasteiger charge is -2.35. The Morgan fingerprint density at radius 1 is 1.17 bits per heavy atom. The molecular weight excluding hydrogens is 417 g/mol. The van der Waals surface area contributed by atoms with Gasteiger partial charge in [0.25, 0.3) is 5.91 Å². The van der Waals surface area contributed by atoms with Crippen molar-refractivity contribution in [3.8, 4) is 5.75 Å². The minimum Gasteiger partial charge on any atom is -0.497 e. The topological polar surface area (TPSA) is 88.4 Å². The van der Waals surface area contributed by atoms with Crippen molar-refractivity contribution in [2.45, 2.75) is 18.9 Å². The van der Waals surface area contributed by atoms with Gasteiger partial charge in [-0.25, -0.2) is 9.67 Å². The van der Waals surface area contributed by atoms with E-state index in [0.717, 1.165) is 50.6 Å². The normalized spacial score (nSPS) is 17.3. The highest BCUT2D eigenvalue weighted by molar-refractivity contribution is 5.92. The summed E-state index contributed by atoms with van der Waals surface area (Å²) >= 11 is 0. The summed E-state index contributed by atoms with van der Waals surface area (Å²) in [5.74, 6) is 1.61. The number of anilines is 1. The van der Waals surface area contributed by atoms with Gasteiger partial charge >= 0.3 is 0 Å². The van der Waals surface area contributed by atoms with Gasteiger partial charge in [0.2, 0.25) is 0 Å². The summed E-state index contributed by atoms with van der Waals surface area (Å²) in [6.45, 7) is 4.70. The number of amides is 1. The summed E-state index contributed by atoms with van der Waals surface area (Å²) in [5.41, 5.74) is 0.432. The van der Waals surface area contributed by atoms with Crippen LogP contribution >= 0.6 is 24.8 Å². The molecule has 11 heteroatoms. The number of nitrogens with one attached hydrogen (secondary N) is 1. The molecule has 0 aliphatic carbocycles. The molecule has 0 spiro atoms. The third-order valence-corrected chi connectivity index (χ3v) is 5.26. The van der Waals surface area contributed by atoms with Crippen LogP contribution in [0.1, 0.15) is 29.4 Å². The molecule has 1 amide bonds. The smallest absolute Gasteiger partial charge is 0.276 e. The minimum absolute atomic E-state index is 0. The molecule has 0 atom stereocenters. The number of nitrogens with zero attached hydrogens (tertiary/aromatic N) is 6. The molecule has 2 saturated heterocycles. The fourth-order valence-electron chi connectivity index (χ4n) is 3.62. The molecule has 4 rings (SSSR count). The van der Waals surface area contributed by atoms with Gasteiger partial charge in [-0.05, 0) is 32.0 Å². The van der Waals surface area contributed by atoms with E-state index < -0.39 is 0 Å². The van der Waals surface area contributed by atoms with Crippen LogP contribution in [0.4, 0.5) is 5.82 Å². The van der Waals surface area contributed by atoms with E-state index in [-0.39, 0.29) is 30.7 Å². The second kappa shape index (κ2) is 10.6. The minimum atomic E-state index is -0.0477. The quantitative estimate of drug-likeness (QED) is 0.763. The van der Waals surface area contributed by atoms with Crippen molar-refractivity contribution in [1.29, 1.82) is 0 Å². The molecule has 0 bridgehead atoms. The number of methoxy groups -OCH3 is 1. The van der Waals surface area contributed by atoms with Crippen LogP contribution in [-0.2, 0) is 0 Å². The van der Waals surface area contributed by atoms with Crippen molar-refractivity contribution in [3.05, 3.63) is 30.2 Å². The van der Waals surface area contributed by atoms with Gasteiger partial charge in [-0.3, -0.25) is 4.79 Å². The maximum absolute atomic E-state index is 12.8. The fourth-order valence-corrected chi connectivity index (χ4v) is 3.62. The predicted molar refractivity (Wildman–Crippen MR) is 115 cm³/mol. The van der Waals surface area contributed by atoms with E-state index in [0.29, 0.717) is 24.8 Å². The van der Waals surface area contributed by atoms with Crippen molar-refractivity contribution in [1.82, 2.24) is 30.2 Å². The lowest BCUT2D eigenvalue weighted by Crippen LogP contribution is -2.49. The SMILES string of the molecule is COc1ccnc(N2CCN(C(=O)c3cn(C4CCNCC4)nn3)CC2)c1.Cl.Cl. The van der Waals surface area contributed by atoms with Crippen LogP contribution in [0.25, 0.3) is 0 Å². The molecule has 2 aliphatic rings. The van der Waals surface area contributed by atoms with E-state index in [1.807, 2.05) is 21.7 Å². The number of aromatic nitrogens is 4. The van der Waals surface area contributed by atoms with E-state index in [2.05, 4.69) is 25.5 Å². The van der Waals surface area contributed by atoms with Crippen molar-refractivity contribution in [3.63, 3.8) is 0 Å². The second-order valence-electron chi connectivity index (χ2n) is 6.90. The number of piperazine rings is 1. The molecule has 2 aromatic heterocycles. The highest BCUT2D eigenvalue weighted by Crippen LogP contribution is 2.20. The maximum Gasteiger partial charge on any atom is 0.276 e. The summed E-state index contributed by atoms with van der Waals surface area (Å²) in [6.07, 6.45) is 5.57. The lowest BCUT2D eigenvalue weighted by atomic mass is 10.1. The molecule has 29 heavy (non-hydrogen) atoms.